The summed E-state index contributed by atoms with van der Waals surface area (Å²) in [6.07, 6.45) is 4.31. The fourth-order valence-corrected chi connectivity index (χ4v) is 4.13. The Morgan fingerprint density at radius 3 is 2.88 bits per heavy atom. The van der Waals surface area contributed by atoms with Crippen molar-refractivity contribution in [2.75, 3.05) is 39.9 Å². The highest BCUT2D eigenvalue weighted by Crippen LogP contribution is 2.38. The van der Waals surface area contributed by atoms with Crippen molar-refractivity contribution in [1.29, 1.82) is 0 Å². The van der Waals surface area contributed by atoms with E-state index >= 15 is 0 Å². The first-order valence-corrected chi connectivity index (χ1v) is 9.35. The maximum Gasteiger partial charge on any atom is 0.193 e. The lowest BCUT2D eigenvalue weighted by Crippen LogP contribution is -2.41. The molecule has 2 fully saturated rings. The summed E-state index contributed by atoms with van der Waals surface area (Å²) in [6, 6.07) is 5.70. The van der Waals surface area contributed by atoms with Gasteiger partial charge in [-0.1, -0.05) is 29.3 Å². The number of halogens is 3. The number of rotatable bonds is 4. The zero-order chi connectivity index (χ0) is 17.0. The van der Waals surface area contributed by atoms with Gasteiger partial charge in [0, 0.05) is 48.7 Å². The normalized spacial score (nSPS) is 23.2. The minimum Gasteiger partial charge on any atom is -0.381 e. The molecule has 0 aromatic heterocycles. The number of ether oxygens (including phenoxy) is 1. The molecule has 2 saturated heterocycles. The molecular weight excluding hydrogens is 472 g/mol. The maximum absolute atomic E-state index is 6.22. The number of likely N-dealkylation sites (tertiary alicyclic amines) is 1. The second-order valence-corrected chi connectivity index (χ2v) is 7.63. The van der Waals surface area contributed by atoms with E-state index in [4.69, 9.17) is 27.9 Å². The average Bonchev–Trinajstić information content (AvgIpc) is 3.20. The molecule has 1 unspecified atom stereocenters. The van der Waals surface area contributed by atoms with Gasteiger partial charge in [-0.05, 0) is 43.4 Å². The molecule has 3 rings (SSSR count). The van der Waals surface area contributed by atoms with Crippen molar-refractivity contribution in [3.63, 3.8) is 0 Å². The number of hydrogen-bond donors (Lipinski definition) is 1. The summed E-state index contributed by atoms with van der Waals surface area (Å²) in [5.74, 6) is 1.00. The molecule has 140 valence electrons. The van der Waals surface area contributed by atoms with Gasteiger partial charge in [0.05, 0.1) is 6.61 Å². The quantitative estimate of drug-likeness (QED) is 0.292. The summed E-state index contributed by atoms with van der Waals surface area (Å²) in [6.45, 7) is 4.80. The molecule has 2 aliphatic rings. The first kappa shape index (κ1) is 21.1. The van der Waals surface area contributed by atoms with Crippen LogP contribution in [0.25, 0.3) is 0 Å². The standard InChI is InChI=1S/C18H25Cl2N3O.HI/c1-21-17(23-9-6-18(12-23)7-10-24-13-18)22-8-2-3-14-4-5-15(19)11-16(14)20;/h4-5,11H,2-3,6-10,12-13H2,1H3,(H,21,22);1H. The Hall–Kier alpha value is -0.240. The van der Waals surface area contributed by atoms with Gasteiger partial charge in [0.2, 0.25) is 0 Å². The minimum absolute atomic E-state index is 0. The molecule has 0 amide bonds. The fraction of sp³-hybridized carbons (Fsp3) is 0.611. The average molecular weight is 498 g/mol. The number of guanidine groups is 1. The molecule has 25 heavy (non-hydrogen) atoms. The van der Waals surface area contributed by atoms with Gasteiger partial charge in [-0.3, -0.25) is 4.99 Å². The SMILES string of the molecule is CN=C(NCCCc1ccc(Cl)cc1Cl)N1CCC2(CCOC2)C1.I. The fourth-order valence-electron chi connectivity index (χ4n) is 3.62. The summed E-state index contributed by atoms with van der Waals surface area (Å²) in [4.78, 5) is 6.81. The van der Waals surface area contributed by atoms with E-state index in [1.54, 1.807) is 6.07 Å². The Balaban J connectivity index is 0.00000225. The number of aliphatic imine (C=N–C) groups is 1. The van der Waals surface area contributed by atoms with Crippen molar-refractivity contribution in [3.8, 4) is 0 Å². The highest BCUT2D eigenvalue weighted by Gasteiger charge is 2.42. The third kappa shape index (κ3) is 5.37. The Kier molecular flexibility index (Phi) is 8.11. The molecule has 2 heterocycles. The zero-order valence-corrected chi connectivity index (χ0v) is 18.4. The van der Waals surface area contributed by atoms with Crippen LogP contribution in [0.1, 0.15) is 24.8 Å². The maximum atomic E-state index is 6.22. The van der Waals surface area contributed by atoms with Crippen LogP contribution in [0.5, 0.6) is 0 Å². The van der Waals surface area contributed by atoms with Crippen LogP contribution < -0.4 is 5.32 Å². The third-order valence-electron chi connectivity index (χ3n) is 5.06. The first-order chi connectivity index (χ1) is 11.6. The van der Waals surface area contributed by atoms with Gasteiger partial charge in [0.25, 0.3) is 0 Å². The molecule has 2 aliphatic heterocycles. The van der Waals surface area contributed by atoms with Crippen LogP contribution in [-0.2, 0) is 11.2 Å². The predicted molar refractivity (Wildman–Crippen MR) is 116 cm³/mol. The van der Waals surface area contributed by atoms with Gasteiger partial charge < -0.3 is 15.0 Å². The van der Waals surface area contributed by atoms with Gasteiger partial charge in [0.1, 0.15) is 0 Å². The van der Waals surface area contributed by atoms with Crippen molar-refractivity contribution in [1.82, 2.24) is 10.2 Å². The topological polar surface area (TPSA) is 36.9 Å². The number of aryl methyl sites for hydroxylation is 1. The molecule has 1 spiro atoms. The van der Waals surface area contributed by atoms with E-state index in [-0.39, 0.29) is 24.0 Å². The summed E-state index contributed by atoms with van der Waals surface area (Å²) in [7, 11) is 1.86. The molecular formula is C18H26Cl2IN3O. The van der Waals surface area contributed by atoms with Gasteiger partial charge in [0.15, 0.2) is 5.96 Å². The van der Waals surface area contributed by atoms with E-state index in [2.05, 4.69) is 15.2 Å². The van der Waals surface area contributed by atoms with Crippen molar-refractivity contribution in [2.24, 2.45) is 10.4 Å². The Morgan fingerprint density at radius 2 is 2.20 bits per heavy atom. The highest BCUT2D eigenvalue weighted by atomic mass is 127. The highest BCUT2D eigenvalue weighted by molar-refractivity contribution is 14.0. The second kappa shape index (κ2) is 9.62. The molecule has 0 radical (unpaired) electrons. The molecule has 1 aromatic rings. The number of nitrogens with zero attached hydrogens (tertiary/aromatic N) is 2. The molecule has 0 aliphatic carbocycles. The summed E-state index contributed by atoms with van der Waals surface area (Å²) < 4.78 is 5.60. The number of hydrogen-bond acceptors (Lipinski definition) is 2. The van der Waals surface area contributed by atoms with Gasteiger partial charge in [-0.2, -0.15) is 0 Å². The molecule has 0 saturated carbocycles. The van der Waals surface area contributed by atoms with Crippen LogP contribution in [0, 0.1) is 5.41 Å². The van der Waals surface area contributed by atoms with Gasteiger partial charge in [-0.15, -0.1) is 24.0 Å². The number of benzene rings is 1. The van der Waals surface area contributed by atoms with Crippen molar-refractivity contribution in [3.05, 3.63) is 33.8 Å². The second-order valence-electron chi connectivity index (χ2n) is 6.79. The molecule has 1 aromatic carbocycles. The zero-order valence-electron chi connectivity index (χ0n) is 14.6. The van der Waals surface area contributed by atoms with Crippen molar-refractivity contribution in [2.45, 2.75) is 25.7 Å². The molecule has 0 bridgehead atoms. The van der Waals surface area contributed by atoms with Crippen molar-refractivity contribution < 1.29 is 4.74 Å². The smallest absolute Gasteiger partial charge is 0.193 e. The number of nitrogens with one attached hydrogen (secondary N) is 1. The van der Waals surface area contributed by atoms with E-state index in [1.807, 2.05) is 19.2 Å². The Labute approximate surface area is 177 Å². The Bertz CT molecular complexity index is 606. The summed E-state index contributed by atoms with van der Waals surface area (Å²) >= 11 is 12.2. The van der Waals surface area contributed by atoms with Crippen LogP contribution in [0.3, 0.4) is 0 Å². The first-order valence-electron chi connectivity index (χ1n) is 8.59. The Morgan fingerprint density at radius 1 is 1.36 bits per heavy atom. The van der Waals surface area contributed by atoms with Gasteiger partial charge in [-0.25, -0.2) is 0 Å². The molecule has 1 N–H and O–H groups in total. The molecule has 7 heteroatoms. The van der Waals surface area contributed by atoms with Crippen molar-refractivity contribution >= 4 is 53.1 Å². The van der Waals surface area contributed by atoms with Crippen LogP contribution in [0.4, 0.5) is 0 Å². The lowest BCUT2D eigenvalue weighted by molar-refractivity contribution is 0.156. The van der Waals surface area contributed by atoms with Crippen LogP contribution in [-0.4, -0.2) is 50.8 Å². The summed E-state index contributed by atoms with van der Waals surface area (Å²) in [5.41, 5.74) is 1.50. The summed E-state index contributed by atoms with van der Waals surface area (Å²) in [5, 5.41) is 4.91. The molecule has 4 nitrogen and oxygen atoms in total. The third-order valence-corrected chi connectivity index (χ3v) is 5.64. The van der Waals surface area contributed by atoms with E-state index in [1.165, 1.54) is 12.8 Å². The largest absolute Gasteiger partial charge is 0.381 e. The van der Waals surface area contributed by atoms with E-state index < -0.39 is 0 Å². The van der Waals surface area contributed by atoms with E-state index in [0.29, 0.717) is 10.4 Å². The lowest BCUT2D eigenvalue weighted by atomic mass is 9.87. The lowest BCUT2D eigenvalue weighted by Gasteiger charge is -2.25. The minimum atomic E-state index is 0. The van der Waals surface area contributed by atoms with Crippen LogP contribution in [0.15, 0.2) is 23.2 Å². The van der Waals surface area contributed by atoms with Gasteiger partial charge >= 0.3 is 0 Å². The monoisotopic (exact) mass is 497 g/mol. The predicted octanol–water partition coefficient (Wildman–Crippen LogP) is 4.23. The van der Waals surface area contributed by atoms with E-state index in [0.717, 1.165) is 62.2 Å². The van der Waals surface area contributed by atoms with Crippen LogP contribution >= 0.6 is 47.2 Å². The molecule has 1 atom stereocenters. The van der Waals surface area contributed by atoms with Crippen LogP contribution in [0.2, 0.25) is 10.0 Å². The van der Waals surface area contributed by atoms with E-state index in [9.17, 15) is 0 Å².